The molecule has 33 heavy (non-hydrogen) atoms. The lowest BCUT2D eigenvalue weighted by Crippen LogP contribution is -2.33. The van der Waals surface area contributed by atoms with E-state index in [0.29, 0.717) is 11.1 Å². The Bertz CT molecular complexity index is 1330. The molecule has 2 heterocycles. The summed E-state index contributed by atoms with van der Waals surface area (Å²) in [6.07, 6.45) is 1.86. The van der Waals surface area contributed by atoms with E-state index in [4.69, 9.17) is 4.42 Å². The molecule has 0 radical (unpaired) electrons. The normalized spacial score (nSPS) is 11.2. The van der Waals surface area contributed by atoms with E-state index in [1.165, 1.54) is 11.8 Å². The van der Waals surface area contributed by atoms with Crippen LogP contribution in [0.25, 0.3) is 22.4 Å². The maximum atomic E-state index is 13.1. The fourth-order valence-electron chi connectivity index (χ4n) is 3.91. The van der Waals surface area contributed by atoms with Crippen LogP contribution in [0.3, 0.4) is 0 Å². The van der Waals surface area contributed by atoms with E-state index in [0.717, 1.165) is 27.6 Å². The van der Waals surface area contributed by atoms with Gasteiger partial charge in [-0.2, -0.15) is 0 Å². The largest absolute Gasteiger partial charge is 0.411 e. The highest BCUT2D eigenvalue weighted by Crippen LogP contribution is 2.31. The number of hydrogen-bond donors (Lipinski definition) is 1. The Kier molecular flexibility index (Phi) is 5.95. The van der Waals surface area contributed by atoms with E-state index in [2.05, 4.69) is 15.2 Å². The van der Waals surface area contributed by atoms with E-state index in [1.54, 1.807) is 4.90 Å². The molecule has 0 aliphatic rings. The monoisotopic (exact) mass is 454 g/mol. The van der Waals surface area contributed by atoms with Crippen molar-refractivity contribution in [3.8, 4) is 11.5 Å². The number of nitrogens with zero attached hydrogens (tertiary/aromatic N) is 3. The Morgan fingerprint density at radius 3 is 2.27 bits per heavy atom. The summed E-state index contributed by atoms with van der Waals surface area (Å²) in [5.41, 5.74) is 3.97. The van der Waals surface area contributed by atoms with Crippen molar-refractivity contribution in [2.45, 2.75) is 11.3 Å². The molecule has 0 spiro atoms. The summed E-state index contributed by atoms with van der Waals surface area (Å²) >= 11 is 1.25. The summed E-state index contributed by atoms with van der Waals surface area (Å²) in [5, 5.41) is 9.70. The van der Waals surface area contributed by atoms with Crippen molar-refractivity contribution in [1.29, 1.82) is 0 Å². The predicted molar refractivity (Wildman–Crippen MR) is 130 cm³/mol. The Hall–Kier alpha value is -3.84. The van der Waals surface area contributed by atoms with Gasteiger partial charge in [0.15, 0.2) is 0 Å². The van der Waals surface area contributed by atoms with Gasteiger partial charge in [-0.3, -0.25) is 4.79 Å². The highest BCUT2D eigenvalue weighted by atomic mass is 32.2. The molecule has 0 aliphatic carbocycles. The number of H-pyrrole nitrogens is 1. The number of thioether (sulfide) groups is 1. The number of aromatic amines is 1. The van der Waals surface area contributed by atoms with Crippen molar-refractivity contribution in [3.63, 3.8) is 0 Å². The lowest BCUT2D eigenvalue weighted by Gasteiger charge is -2.29. The summed E-state index contributed by atoms with van der Waals surface area (Å²) in [4.78, 5) is 18.1. The molecule has 5 aromatic rings. The molecule has 2 aromatic heterocycles. The third-order valence-corrected chi connectivity index (χ3v) is 6.36. The van der Waals surface area contributed by atoms with E-state index in [1.807, 2.05) is 98.2 Å². The Labute approximate surface area is 195 Å². The number of hydrogen-bond acceptors (Lipinski definition) is 5. The summed E-state index contributed by atoms with van der Waals surface area (Å²) < 4.78 is 5.85. The van der Waals surface area contributed by atoms with Crippen molar-refractivity contribution in [2.24, 2.45) is 0 Å². The fraction of sp³-hybridized carbons (Fsp3) is 0.115. The van der Waals surface area contributed by atoms with Crippen LogP contribution in [-0.4, -0.2) is 38.8 Å². The van der Waals surface area contributed by atoms with Gasteiger partial charge in [0.25, 0.3) is 11.1 Å². The van der Waals surface area contributed by atoms with Crippen molar-refractivity contribution < 1.29 is 9.21 Å². The molecule has 164 valence electrons. The van der Waals surface area contributed by atoms with Crippen molar-refractivity contribution >= 4 is 28.6 Å². The number of rotatable bonds is 7. The molecule has 0 saturated carbocycles. The molecule has 6 nitrogen and oxygen atoms in total. The zero-order valence-electron chi connectivity index (χ0n) is 18.0. The minimum atomic E-state index is -0.176. The lowest BCUT2D eigenvalue weighted by atomic mass is 9.97. The Morgan fingerprint density at radius 1 is 0.939 bits per heavy atom. The third kappa shape index (κ3) is 4.40. The maximum Gasteiger partial charge on any atom is 0.277 e. The first-order valence-electron chi connectivity index (χ1n) is 10.6. The van der Waals surface area contributed by atoms with Gasteiger partial charge in [-0.1, -0.05) is 90.6 Å². The summed E-state index contributed by atoms with van der Waals surface area (Å²) in [6, 6.07) is 27.8. The van der Waals surface area contributed by atoms with Crippen LogP contribution in [0.2, 0.25) is 0 Å². The minimum Gasteiger partial charge on any atom is -0.411 e. The standard InChI is InChI=1S/C26H22N4O2S/c1-30(24(18-10-4-2-5-11-18)19-12-6-3-7-13-19)23(31)17-33-26-29-28-25(32-26)21-16-27-22-15-9-8-14-20(21)22/h2-16,24,27H,17H2,1H3. The molecule has 1 amide bonds. The van der Waals surface area contributed by atoms with Crippen LogP contribution < -0.4 is 0 Å². The minimum absolute atomic E-state index is 0.0236. The van der Waals surface area contributed by atoms with E-state index >= 15 is 0 Å². The van der Waals surface area contributed by atoms with Crippen LogP contribution in [0.15, 0.2) is 101 Å². The van der Waals surface area contributed by atoms with Gasteiger partial charge < -0.3 is 14.3 Å². The van der Waals surface area contributed by atoms with Crippen LogP contribution in [-0.2, 0) is 4.79 Å². The van der Waals surface area contributed by atoms with Gasteiger partial charge in [0.1, 0.15) is 0 Å². The summed E-state index contributed by atoms with van der Waals surface area (Å²) in [7, 11) is 1.83. The van der Waals surface area contributed by atoms with Crippen molar-refractivity contribution in [3.05, 3.63) is 102 Å². The van der Waals surface area contributed by atoms with Gasteiger partial charge in [-0.05, 0) is 17.2 Å². The topological polar surface area (TPSA) is 75.0 Å². The van der Waals surface area contributed by atoms with Crippen LogP contribution in [0, 0.1) is 0 Å². The zero-order chi connectivity index (χ0) is 22.6. The zero-order valence-corrected chi connectivity index (χ0v) is 18.8. The average molecular weight is 455 g/mol. The smallest absolute Gasteiger partial charge is 0.277 e. The highest BCUT2D eigenvalue weighted by molar-refractivity contribution is 7.99. The van der Waals surface area contributed by atoms with Crippen LogP contribution in [0.1, 0.15) is 17.2 Å². The number of carbonyl (C=O) groups is 1. The number of amides is 1. The summed E-state index contributed by atoms with van der Waals surface area (Å²) in [5.74, 6) is 0.606. The van der Waals surface area contributed by atoms with Gasteiger partial charge in [0, 0.05) is 24.1 Å². The highest BCUT2D eigenvalue weighted by Gasteiger charge is 2.24. The second kappa shape index (κ2) is 9.34. The van der Waals surface area contributed by atoms with Gasteiger partial charge in [-0.15, -0.1) is 10.2 Å². The number of benzene rings is 3. The first-order chi connectivity index (χ1) is 16.2. The van der Waals surface area contributed by atoms with Gasteiger partial charge >= 0.3 is 0 Å². The number of para-hydroxylation sites is 1. The molecule has 0 fully saturated rings. The van der Waals surface area contributed by atoms with Gasteiger partial charge in [-0.25, -0.2) is 0 Å². The van der Waals surface area contributed by atoms with E-state index in [-0.39, 0.29) is 17.7 Å². The van der Waals surface area contributed by atoms with E-state index in [9.17, 15) is 4.79 Å². The molecule has 7 heteroatoms. The van der Waals surface area contributed by atoms with Gasteiger partial charge in [0.2, 0.25) is 5.91 Å². The van der Waals surface area contributed by atoms with Crippen LogP contribution in [0.4, 0.5) is 0 Å². The van der Waals surface area contributed by atoms with Crippen molar-refractivity contribution in [2.75, 3.05) is 12.8 Å². The van der Waals surface area contributed by atoms with Gasteiger partial charge in [0.05, 0.1) is 17.4 Å². The second-order valence-electron chi connectivity index (χ2n) is 7.64. The fourth-order valence-corrected chi connectivity index (χ4v) is 4.59. The quantitative estimate of drug-likeness (QED) is 0.326. The summed E-state index contributed by atoms with van der Waals surface area (Å²) in [6.45, 7) is 0. The Balaban J connectivity index is 1.31. The number of carbonyl (C=O) groups excluding carboxylic acids is 1. The van der Waals surface area contributed by atoms with E-state index < -0.39 is 0 Å². The lowest BCUT2D eigenvalue weighted by molar-refractivity contribution is -0.128. The molecular formula is C26H22N4O2S. The first-order valence-corrected chi connectivity index (χ1v) is 11.6. The first kappa shape index (κ1) is 21.0. The van der Waals surface area contributed by atoms with Crippen molar-refractivity contribution in [1.82, 2.24) is 20.1 Å². The van der Waals surface area contributed by atoms with Crippen LogP contribution >= 0.6 is 11.8 Å². The molecule has 1 N–H and O–H groups in total. The number of aromatic nitrogens is 3. The molecule has 0 bridgehead atoms. The molecule has 0 atom stereocenters. The molecule has 0 aliphatic heterocycles. The molecule has 0 unspecified atom stereocenters. The second-order valence-corrected chi connectivity index (χ2v) is 8.56. The molecule has 5 rings (SSSR count). The SMILES string of the molecule is CN(C(=O)CSc1nnc(-c2c[nH]c3ccccc23)o1)C(c1ccccc1)c1ccccc1. The molecular weight excluding hydrogens is 432 g/mol. The number of nitrogens with one attached hydrogen (secondary N) is 1. The van der Waals surface area contributed by atoms with Crippen LogP contribution in [0.5, 0.6) is 0 Å². The average Bonchev–Trinajstić information content (AvgIpc) is 3.51. The molecule has 3 aromatic carbocycles. The molecule has 0 saturated heterocycles. The predicted octanol–water partition coefficient (Wildman–Crippen LogP) is 5.56. The third-order valence-electron chi connectivity index (χ3n) is 5.56. The number of fused-ring (bicyclic) bond motifs is 1. The Morgan fingerprint density at radius 2 is 1.58 bits per heavy atom. The maximum absolute atomic E-state index is 13.1.